The Morgan fingerprint density at radius 2 is 1.96 bits per heavy atom. The zero-order valence-electron chi connectivity index (χ0n) is 15.7. The van der Waals surface area contributed by atoms with E-state index in [1.165, 1.54) is 0 Å². The first-order valence-electron chi connectivity index (χ1n) is 9.18. The Hall–Kier alpha value is -2.51. The maximum atomic E-state index is 12.4. The van der Waals surface area contributed by atoms with Gasteiger partial charge in [-0.25, -0.2) is 0 Å². The third-order valence-corrected chi connectivity index (χ3v) is 4.93. The maximum absolute atomic E-state index is 12.4. The molecule has 1 aliphatic rings. The Morgan fingerprint density at radius 3 is 2.59 bits per heavy atom. The van der Waals surface area contributed by atoms with E-state index in [9.17, 15) is 15.0 Å². The Balaban J connectivity index is 1.55. The summed E-state index contributed by atoms with van der Waals surface area (Å²) in [5.41, 5.74) is 2.78. The van der Waals surface area contributed by atoms with Gasteiger partial charge in [0.2, 0.25) is 5.91 Å². The molecule has 27 heavy (non-hydrogen) atoms. The van der Waals surface area contributed by atoms with Gasteiger partial charge in [-0.1, -0.05) is 31.2 Å². The minimum atomic E-state index is -0.648. The monoisotopic (exact) mass is 370 g/mol. The zero-order chi connectivity index (χ0) is 19.4. The number of aromatic nitrogens is 2. The van der Waals surface area contributed by atoms with Crippen molar-refractivity contribution in [2.75, 3.05) is 24.6 Å². The van der Waals surface area contributed by atoms with Gasteiger partial charge in [-0.05, 0) is 30.2 Å². The van der Waals surface area contributed by atoms with Crippen LogP contribution in [-0.2, 0) is 11.2 Å². The first-order chi connectivity index (χ1) is 13.0. The summed E-state index contributed by atoms with van der Waals surface area (Å²) in [6.45, 7) is 4.83. The van der Waals surface area contributed by atoms with Crippen molar-refractivity contribution in [3.63, 3.8) is 0 Å². The van der Waals surface area contributed by atoms with E-state index in [2.05, 4.69) is 15.5 Å². The van der Waals surface area contributed by atoms with Gasteiger partial charge in [0.25, 0.3) is 0 Å². The molecule has 7 heteroatoms. The van der Waals surface area contributed by atoms with Gasteiger partial charge in [-0.3, -0.25) is 4.79 Å². The van der Waals surface area contributed by atoms with Crippen LogP contribution in [0.3, 0.4) is 0 Å². The molecular formula is C20H26N4O3. The van der Waals surface area contributed by atoms with Crippen molar-refractivity contribution in [2.45, 2.75) is 38.3 Å². The lowest BCUT2D eigenvalue weighted by molar-refractivity contribution is -0.121. The number of benzene rings is 1. The van der Waals surface area contributed by atoms with Gasteiger partial charge in [-0.2, -0.15) is 5.10 Å². The highest BCUT2D eigenvalue weighted by Gasteiger charge is 2.33. The number of carbonyl (C=O) groups excluding carboxylic acids is 1. The van der Waals surface area contributed by atoms with Crippen molar-refractivity contribution in [3.8, 4) is 0 Å². The van der Waals surface area contributed by atoms with Crippen LogP contribution in [0.1, 0.15) is 29.7 Å². The molecule has 1 amide bonds. The number of aliphatic hydroxyl groups is 2. The first-order valence-corrected chi connectivity index (χ1v) is 9.18. The third-order valence-electron chi connectivity index (χ3n) is 4.93. The SMILES string of the molecule is Cc1ccc(N2C[C@@H](O)[C@@H](NC(=O)Cc3ccc(C(C)CO)cc3)C2)nn1. The number of aryl methyl sites for hydroxylation is 1. The molecule has 7 nitrogen and oxygen atoms in total. The Labute approximate surface area is 159 Å². The number of rotatable bonds is 6. The average molecular weight is 370 g/mol. The summed E-state index contributed by atoms with van der Waals surface area (Å²) in [5, 5.41) is 30.6. The minimum absolute atomic E-state index is 0.0809. The molecule has 0 aliphatic carbocycles. The van der Waals surface area contributed by atoms with Crippen molar-refractivity contribution >= 4 is 11.7 Å². The van der Waals surface area contributed by atoms with Crippen LogP contribution in [0.4, 0.5) is 5.82 Å². The fraction of sp³-hybridized carbons (Fsp3) is 0.450. The van der Waals surface area contributed by atoms with Gasteiger partial charge in [0, 0.05) is 25.6 Å². The van der Waals surface area contributed by atoms with Gasteiger partial charge in [0.1, 0.15) is 0 Å². The van der Waals surface area contributed by atoms with Crippen LogP contribution in [0, 0.1) is 6.92 Å². The van der Waals surface area contributed by atoms with Crippen LogP contribution in [0.15, 0.2) is 36.4 Å². The predicted molar refractivity (Wildman–Crippen MR) is 103 cm³/mol. The molecule has 1 aliphatic heterocycles. The Bertz CT molecular complexity index is 764. The Kier molecular flexibility index (Phi) is 6.03. The van der Waals surface area contributed by atoms with Gasteiger partial charge in [0.15, 0.2) is 5.82 Å². The molecule has 1 unspecified atom stereocenters. The molecule has 1 fully saturated rings. The minimum Gasteiger partial charge on any atom is -0.396 e. The lowest BCUT2D eigenvalue weighted by atomic mass is 10.00. The number of aliphatic hydroxyl groups excluding tert-OH is 2. The van der Waals surface area contributed by atoms with Gasteiger partial charge in [-0.15, -0.1) is 5.10 Å². The zero-order valence-corrected chi connectivity index (χ0v) is 15.7. The van der Waals surface area contributed by atoms with Crippen molar-refractivity contribution in [1.82, 2.24) is 15.5 Å². The highest BCUT2D eigenvalue weighted by atomic mass is 16.3. The van der Waals surface area contributed by atoms with Gasteiger partial charge < -0.3 is 20.4 Å². The van der Waals surface area contributed by atoms with Gasteiger partial charge in [0.05, 0.1) is 24.3 Å². The molecule has 3 atom stereocenters. The molecule has 1 aromatic carbocycles. The summed E-state index contributed by atoms with van der Waals surface area (Å²) >= 11 is 0. The van der Waals surface area contributed by atoms with Crippen molar-refractivity contribution in [2.24, 2.45) is 0 Å². The van der Waals surface area contributed by atoms with E-state index in [-0.39, 0.29) is 30.9 Å². The van der Waals surface area contributed by atoms with Crippen LogP contribution in [-0.4, -0.2) is 58.2 Å². The lowest BCUT2D eigenvalue weighted by Crippen LogP contribution is -2.43. The molecule has 3 rings (SSSR count). The van der Waals surface area contributed by atoms with E-state index in [0.717, 1.165) is 16.8 Å². The topological polar surface area (TPSA) is 98.6 Å². The molecule has 1 aromatic heterocycles. The molecule has 0 bridgehead atoms. The van der Waals surface area contributed by atoms with E-state index in [4.69, 9.17) is 0 Å². The molecule has 2 heterocycles. The average Bonchev–Trinajstić information content (AvgIpc) is 3.02. The van der Waals surface area contributed by atoms with E-state index >= 15 is 0 Å². The number of amides is 1. The van der Waals surface area contributed by atoms with Crippen LogP contribution in [0.5, 0.6) is 0 Å². The highest BCUT2D eigenvalue weighted by molar-refractivity contribution is 5.79. The van der Waals surface area contributed by atoms with Crippen LogP contribution in [0.25, 0.3) is 0 Å². The smallest absolute Gasteiger partial charge is 0.224 e. The second kappa shape index (κ2) is 8.45. The van der Waals surface area contributed by atoms with Crippen LogP contribution >= 0.6 is 0 Å². The third kappa shape index (κ3) is 4.81. The highest BCUT2D eigenvalue weighted by Crippen LogP contribution is 2.19. The summed E-state index contributed by atoms with van der Waals surface area (Å²) in [6.07, 6.45) is -0.397. The van der Waals surface area contributed by atoms with Crippen LogP contribution in [0.2, 0.25) is 0 Å². The summed E-state index contributed by atoms with van der Waals surface area (Å²) < 4.78 is 0. The summed E-state index contributed by atoms with van der Waals surface area (Å²) in [5.74, 6) is 0.654. The second-order valence-electron chi connectivity index (χ2n) is 7.18. The summed E-state index contributed by atoms with van der Waals surface area (Å²) in [4.78, 5) is 14.3. The fourth-order valence-corrected chi connectivity index (χ4v) is 3.19. The number of anilines is 1. The molecule has 0 spiro atoms. The molecule has 3 N–H and O–H groups in total. The standard InChI is InChI=1S/C20H26N4O3/c1-13(12-25)16-6-4-15(5-7-16)9-20(27)21-17-10-24(11-18(17)26)19-8-3-14(2)22-23-19/h3-8,13,17-18,25-26H,9-12H2,1-2H3,(H,21,27)/t13?,17-,18+/m0/s1. The van der Waals surface area contributed by atoms with E-state index in [1.54, 1.807) is 0 Å². The molecule has 0 saturated carbocycles. The second-order valence-corrected chi connectivity index (χ2v) is 7.18. The lowest BCUT2D eigenvalue weighted by Gasteiger charge is -2.17. The number of hydrogen-bond donors (Lipinski definition) is 3. The molecule has 144 valence electrons. The van der Waals surface area contributed by atoms with Crippen molar-refractivity contribution in [1.29, 1.82) is 0 Å². The molecule has 2 aromatic rings. The van der Waals surface area contributed by atoms with Crippen molar-refractivity contribution < 1.29 is 15.0 Å². The quantitative estimate of drug-likeness (QED) is 0.695. The number of β-amino-alcohol motifs (C(OH)–C–C–N with tert-alkyl or cyclic N) is 1. The largest absolute Gasteiger partial charge is 0.396 e. The first kappa shape index (κ1) is 19.3. The van der Waals surface area contributed by atoms with Crippen LogP contribution < -0.4 is 10.2 Å². The van der Waals surface area contributed by atoms with E-state index < -0.39 is 6.10 Å². The normalized spacial score (nSPS) is 20.5. The van der Waals surface area contributed by atoms with Crippen molar-refractivity contribution in [3.05, 3.63) is 53.2 Å². The molecular weight excluding hydrogens is 344 g/mol. The fourth-order valence-electron chi connectivity index (χ4n) is 3.19. The Morgan fingerprint density at radius 1 is 1.22 bits per heavy atom. The number of nitrogens with zero attached hydrogens (tertiary/aromatic N) is 3. The maximum Gasteiger partial charge on any atom is 0.224 e. The number of hydrogen-bond acceptors (Lipinski definition) is 6. The number of carbonyl (C=O) groups is 1. The van der Waals surface area contributed by atoms with Gasteiger partial charge >= 0.3 is 0 Å². The van der Waals surface area contributed by atoms with E-state index in [0.29, 0.717) is 18.9 Å². The number of nitrogens with one attached hydrogen (secondary N) is 1. The molecule has 0 radical (unpaired) electrons. The predicted octanol–water partition coefficient (Wildman–Crippen LogP) is 0.789. The molecule has 1 saturated heterocycles. The summed E-state index contributed by atoms with van der Waals surface area (Å²) in [7, 11) is 0. The van der Waals surface area contributed by atoms with E-state index in [1.807, 2.05) is 55.1 Å². The summed E-state index contributed by atoms with van der Waals surface area (Å²) in [6, 6.07) is 11.1.